The zero-order valence-electron chi connectivity index (χ0n) is 33.1. The number of anilines is 3. The number of urea groups is 1. The number of carbonyl (C=O) groups is 2. The lowest BCUT2D eigenvalue weighted by molar-refractivity contribution is -0.0161. The van der Waals surface area contributed by atoms with Crippen molar-refractivity contribution in [2.75, 3.05) is 128 Å². The van der Waals surface area contributed by atoms with E-state index in [1.807, 2.05) is 31.7 Å². The molecule has 4 rings (SSSR count). The monoisotopic (exact) mass is 919 g/mol. The second-order valence-electron chi connectivity index (χ2n) is 13.9. The number of halogens is 4. The van der Waals surface area contributed by atoms with Gasteiger partial charge in [-0.15, -0.1) is 0 Å². The molecule has 3 amide bonds. The summed E-state index contributed by atoms with van der Waals surface area (Å²) < 4.78 is 54.4. The van der Waals surface area contributed by atoms with Gasteiger partial charge in [-0.3, -0.25) is 0 Å². The van der Waals surface area contributed by atoms with Crippen LogP contribution in [0, 0.1) is 5.82 Å². The van der Waals surface area contributed by atoms with Crippen LogP contribution < -0.4 is 21.3 Å². The van der Waals surface area contributed by atoms with Crippen LogP contribution in [-0.2, 0) is 39.6 Å². The Morgan fingerprint density at radius 3 is 1.91 bits per heavy atom. The molecule has 58 heavy (non-hydrogen) atoms. The summed E-state index contributed by atoms with van der Waals surface area (Å²) in [5.41, 5.74) is 6.15. The van der Waals surface area contributed by atoms with Crippen LogP contribution in [0.2, 0.25) is 10.0 Å². The van der Waals surface area contributed by atoms with Crippen LogP contribution >= 0.6 is 39.1 Å². The normalized spacial score (nSPS) is 13.3. The summed E-state index contributed by atoms with van der Waals surface area (Å²) in [7, 11) is 0. The number of rotatable bonds is 24. The number of primary amides is 1. The second kappa shape index (κ2) is 24.7. The summed E-state index contributed by atoms with van der Waals surface area (Å²) in [5, 5.41) is 6.82. The smallest absolute Gasteiger partial charge is 0.410 e. The van der Waals surface area contributed by atoms with Crippen molar-refractivity contribution < 1.29 is 47.1 Å². The minimum atomic E-state index is -0.648. The number of benzene rings is 2. The average Bonchev–Trinajstić information content (AvgIpc) is 3.16. The number of hydrogen-bond donors (Lipinski definition) is 3. The van der Waals surface area contributed by atoms with Crippen LogP contribution in [0.1, 0.15) is 26.3 Å². The quantitative estimate of drug-likeness (QED) is 0.0690. The number of aromatic nitrogens is 2. The molecule has 16 nitrogen and oxygen atoms in total. The standard InChI is InChI=1S/C38H53BrCl2FN7O9/c1-38(2,3)58-37(51)49-8-6-48(7-9-49)34-29-25-30(41)31(39)32(42)33(29)46-36(47-34)44-5-11-53-13-15-55-17-19-57-21-20-56-18-16-54-14-12-52-10-4-26-22-27(40)24-28(23-26)45-35(43)50/h22-25H,4-21H2,1-3H3,(H3,43,45,50)(H,44,46,47). The topological polar surface area (TPSA) is 181 Å². The third-order valence-corrected chi connectivity index (χ3v) is 9.71. The van der Waals surface area contributed by atoms with Crippen LogP contribution in [0.15, 0.2) is 28.7 Å². The Morgan fingerprint density at radius 1 is 0.810 bits per heavy atom. The summed E-state index contributed by atoms with van der Waals surface area (Å²) in [6.07, 6.45) is 0.252. The molecule has 20 heteroatoms. The van der Waals surface area contributed by atoms with Crippen LogP contribution in [0.5, 0.6) is 0 Å². The van der Waals surface area contributed by atoms with Crippen molar-refractivity contribution in [3.05, 3.63) is 50.2 Å². The van der Waals surface area contributed by atoms with Crippen molar-refractivity contribution in [1.29, 1.82) is 0 Å². The molecule has 0 radical (unpaired) electrons. The van der Waals surface area contributed by atoms with Crippen LogP contribution in [0.4, 0.5) is 31.4 Å². The number of piperazine rings is 1. The summed E-state index contributed by atoms with van der Waals surface area (Å²) in [6.45, 7) is 12.7. The van der Waals surface area contributed by atoms with Gasteiger partial charge < -0.3 is 59.3 Å². The van der Waals surface area contributed by atoms with Gasteiger partial charge >= 0.3 is 12.1 Å². The number of nitrogens with zero attached hydrogens (tertiary/aromatic N) is 4. The first kappa shape index (κ1) is 47.3. The Hall–Kier alpha value is -3.33. The molecule has 0 aliphatic carbocycles. The predicted octanol–water partition coefficient (Wildman–Crippen LogP) is 6.14. The maximum absolute atomic E-state index is 15.3. The van der Waals surface area contributed by atoms with Crippen LogP contribution in [0.3, 0.4) is 0 Å². The van der Waals surface area contributed by atoms with E-state index < -0.39 is 17.4 Å². The van der Waals surface area contributed by atoms with E-state index in [1.165, 1.54) is 0 Å². The van der Waals surface area contributed by atoms with E-state index in [-0.39, 0.29) is 27.1 Å². The van der Waals surface area contributed by atoms with E-state index in [2.05, 4.69) is 31.5 Å². The molecule has 0 spiro atoms. The number of carbonyl (C=O) groups excluding carboxylic acids is 2. The van der Waals surface area contributed by atoms with Gasteiger partial charge in [0.15, 0.2) is 5.82 Å². The van der Waals surface area contributed by atoms with Gasteiger partial charge in [0, 0.05) is 48.8 Å². The largest absolute Gasteiger partial charge is 0.444 e. The van der Waals surface area contributed by atoms with E-state index in [4.69, 9.17) is 67.1 Å². The maximum Gasteiger partial charge on any atom is 0.410 e. The highest BCUT2D eigenvalue weighted by Crippen LogP contribution is 2.36. The number of fused-ring (bicyclic) bond motifs is 1. The molecule has 1 aromatic heterocycles. The van der Waals surface area contributed by atoms with E-state index in [0.717, 1.165) is 5.56 Å². The van der Waals surface area contributed by atoms with Crippen LogP contribution in [-0.4, -0.2) is 145 Å². The lowest BCUT2D eigenvalue weighted by Crippen LogP contribution is -2.50. The highest BCUT2D eigenvalue weighted by molar-refractivity contribution is 9.10. The van der Waals surface area contributed by atoms with E-state index >= 15 is 4.39 Å². The third-order valence-electron chi connectivity index (χ3n) is 8.19. The second-order valence-corrected chi connectivity index (χ2v) is 15.5. The minimum absolute atomic E-state index is 0.120. The number of nitrogens with two attached hydrogens (primary N) is 1. The SMILES string of the molecule is CC(C)(C)OC(=O)N1CCN(c2nc(NCCOCCOCCOCCOCCOCCOCCc3cc(Cl)cc(NC(N)=O)c3)nc3c(F)c(Br)c(Cl)cc23)CC1. The molecule has 4 N–H and O–H groups in total. The minimum Gasteiger partial charge on any atom is -0.444 e. The van der Waals surface area contributed by atoms with Gasteiger partial charge in [0.2, 0.25) is 5.95 Å². The first-order valence-corrected chi connectivity index (χ1v) is 20.5. The lowest BCUT2D eigenvalue weighted by atomic mass is 10.1. The Morgan fingerprint density at radius 2 is 1.36 bits per heavy atom. The number of nitrogens with one attached hydrogen (secondary N) is 2. The fourth-order valence-corrected chi connectivity index (χ4v) is 6.29. The summed E-state index contributed by atoms with van der Waals surface area (Å²) in [6, 6.07) is 6.23. The fraction of sp³-hybridized carbons (Fsp3) is 0.579. The van der Waals surface area contributed by atoms with Crippen molar-refractivity contribution in [2.45, 2.75) is 32.8 Å². The molecule has 0 atom stereocenters. The number of ether oxygens (including phenoxy) is 7. The molecule has 322 valence electrons. The van der Waals surface area contributed by atoms with Gasteiger partial charge in [0.05, 0.1) is 88.8 Å². The van der Waals surface area contributed by atoms with Gasteiger partial charge in [-0.2, -0.15) is 4.98 Å². The lowest BCUT2D eigenvalue weighted by Gasteiger charge is -2.36. The molecule has 0 unspecified atom stereocenters. The molecule has 2 heterocycles. The number of hydrogen-bond acceptors (Lipinski definition) is 13. The van der Waals surface area contributed by atoms with Gasteiger partial charge in [0.1, 0.15) is 16.9 Å². The first-order chi connectivity index (χ1) is 27.8. The van der Waals surface area contributed by atoms with E-state index in [0.29, 0.717) is 140 Å². The molecule has 0 saturated carbocycles. The molecule has 0 bridgehead atoms. The molecular weight excluding hydrogens is 868 g/mol. The van der Waals surface area contributed by atoms with Gasteiger partial charge in [-0.25, -0.2) is 19.0 Å². The van der Waals surface area contributed by atoms with Gasteiger partial charge in [-0.1, -0.05) is 23.2 Å². The average molecular weight is 922 g/mol. The zero-order chi connectivity index (χ0) is 41.9. The Kier molecular flexibility index (Phi) is 20.1. The summed E-state index contributed by atoms with van der Waals surface area (Å²) >= 11 is 15.6. The molecular formula is C38H53BrCl2FN7O9. The molecule has 1 saturated heterocycles. The molecule has 1 fully saturated rings. The molecule has 1 aliphatic heterocycles. The molecule has 1 aliphatic rings. The maximum atomic E-state index is 15.3. The Balaban J connectivity index is 1.01. The number of amides is 3. The van der Waals surface area contributed by atoms with E-state index in [9.17, 15) is 9.59 Å². The van der Waals surface area contributed by atoms with Gasteiger partial charge in [0.25, 0.3) is 0 Å². The molecule has 3 aromatic rings. The Labute approximate surface area is 356 Å². The van der Waals surface area contributed by atoms with Crippen molar-refractivity contribution >= 4 is 79.6 Å². The summed E-state index contributed by atoms with van der Waals surface area (Å²) in [5.74, 6) is 0.168. The Bertz CT molecular complexity index is 1770. The fourth-order valence-electron chi connectivity index (χ4n) is 5.54. The van der Waals surface area contributed by atoms with Gasteiger partial charge in [-0.05, 0) is 73.0 Å². The first-order valence-electron chi connectivity index (χ1n) is 18.9. The van der Waals surface area contributed by atoms with Crippen LogP contribution in [0.25, 0.3) is 10.9 Å². The van der Waals surface area contributed by atoms with Crippen molar-refractivity contribution in [1.82, 2.24) is 14.9 Å². The van der Waals surface area contributed by atoms with Crippen molar-refractivity contribution in [2.24, 2.45) is 5.73 Å². The highest BCUT2D eigenvalue weighted by atomic mass is 79.9. The summed E-state index contributed by atoms with van der Waals surface area (Å²) in [4.78, 5) is 36.4. The van der Waals surface area contributed by atoms with Crippen molar-refractivity contribution in [3.63, 3.8) is 0 Å². The van der Waals surface area contributed by atoms with E-state index in [1.54, 1.807) is 23.1 Å². The highest BCUT2D eigenvalue weighted by Gasteiger charge is 2.28. The molecule has 2 aromatic carbocycles. The van der Waals surface area contributed by atoms with Crippen molar-refractivity contribution in [3.8, 4) is 0 Å². The predicted molar refractivity (Wildman–Crippen MR) is 224 cm³/mol. The zero-order valence-corrected chi connectivity index (χ0v) is 36.2. The third kappa shape index (κ3) is 16.7.